The minimum Gasteiger partial charge on any atom is -0.444 e. The van der Waals surface area contributed by atoms with Crippen molar-refractivity contribution in [2.75, 3.05) is 35.7 Å². The van der Waals surface area contributed by atoms with Crippen molar-refractivity contribution in [1.29, 1.82) is 0 Å². The highest BCUT2D eigenvalue weighted by Gasteiger charge is 2.23. The highest BCUT2D eigenvalue weighted by Crippen LogP contribution is 2.30. The molecule has 0 unspecified atom stereocenters. The minimum atomic E-state index is -0.573. The summed E-state index contributed by atoms with van der Waals surface area (Å²) >= 11 is 0. The number of amides is 1. The molecule has 0 saturated heterocycles. The van der Waals surface area contributed by atoms with Crippen LogP contribution in [0, 0.1) is 6.92 Å². The van der Waals surface area contributed by atoms with E-state index in [4.69, 9.17) is 9.72 Å². The summed E-state index contributed by atoms with van der Waals surface area (Å²) < 4.78 is 5.40. The number of nitrogens with one attached hydrogen (secondary N) is 2. The van der Waals surface area contributed by atoms with Crippen LogP contribution in [0.4, 0.5) is 27.8 Å². The molecule has 3 aromatic heterocycles. The number of hydrogen-bond acceptors (Lipinski definition) is 9. The number of carbonyl (C=O) groups is 1. The molecule has 2 N–H and O–H groups in total. The highest BCUT2D eigenvalue weighted by molar-refractivity contribution is 5.87. The quantitative estimate of drug-likeness (QED) is 0.542. The SMILES string of the molecule is Cc1c(NC(=O)OC(C)(C)C)cncc1N1CCc2cnc(Nc3cnc4c(c3)CN(C)CC4)nc2C1. The zero-order chi connectivity index (χ0) is 26.2. The molecule has 0 atom stereocenters. The summed E-state index contributed by atoms with van der Waals surface area (Å²) in [6.45, 7) is 10.9. The molecule has 0 aliphatic carbocycles. The van der Waals surface area contributed by atoms with Gasteiger partial charge >= 0.3 is 6.09 Å². The number of pyridine rings is 2. The fourth-order valence-electron chi connectivity index (χ4n) is 4.71. The Morgan fingerprint density at radius 1 is 1.00 bits per heavy atom. The van der Waals surface area contributed by atoms with Crippen molar-refractivity contribution in [2.24, 2.45) is 0 Å². The van der Waals surface area contributed by atoms with Crippen molar-refractivity contribution in [3.63, 3.8) is 0 Å². The van der Waals surface area contributed by atoms with Crippen LogP contribution < -0.4 is 15.5 Å². The molecule has 0 saturated carbocycles. The monoisotopic (exact) mass is 502 g/mol. The van der Waals surface area contributed by atoms with E-state index < -0.39 is 11.7 Å². The van der Waals surface area contributed by atoms with Gasteiger partial charge in [-0.1, -0.05) is 0 Å². The molecule has 0 radical (unpaired) electrons. The Morgan fingerprint density at radius 2 is 1.84 bits per heavy atom. The summed E-state index contributed by atoms with van der Waals surface area (Å²) in [4.78, 5) is 35.3. The Labute approximate surface area is 217 Å². The minimum absolute atomic E-state index is 0.495. The molecule has 5 heterocycles. The van der Waals surface area contributed by atoms with E-state index >= 15 is 0 Å². The smallest absolute Gasteiger partial charge is 0.412 e. The van der Waals surface area contributed by atoms with E-state index in [-0.39, 0.29) is 0 Å². The van der Waals surface area contributed by atoms with Crippen molar-refractivity contribution in [1.82, 2.24) is 24.8 Å². The van der Waals surface area contributed by atoms with Crippen LogP contribution in [0.25, 0.3) is 0 Å². The Hall–Kier alpha value is -3.79. The molecule has 2 aliphatic rings. The molecule has 0 bridgehead atoms. The number of nitrogens with zero attached hydrogens (tertiary/aromatic N) is 6. The van der Waals surface area contributed by atoms with Gasteiger partial charge in [0.05, 0.1) is 47.9 Å². The topological polar surface area (TPSA) is 108 Å². The molecule has 37 heavy (non-hydrogen) atoms. The number of carbonyl (C=O) groups excluding carboxylic acids is 1. The summed E-state index contributed by atoms with van der Waals surface area (Å²) in [7, 11) is 2.13. The van der Waals surface area contributed by atoms with Crippen LogP contribution in [0.3, 0.4) is 0 Å². The van der Waals surface area contributed by atoms with Gasteiger partial charge in [0.25, 0.3) is 0 Å². The predicted molar refractivity (Wildman–Crippen MR) is 143 cm³/mol. The number of likely N-dealkylation sites (N-methyl/N-ethyl adjacent to an activating group) is 1. The zero-order valence-corrected chi connectivity index (χ0v) is 22.1. The van der Waals surface area contributed by atoms with E-state index in [2.05, 4.69) is 48.5 Å². The third kappa shape index (κ3) is 5.80. The lowest BCUT2D eigenvalue weighted by Gasteiger charge is -2.31. The number of rotatable bonds is 4. The van der Waals surface area contributed by atoms with Crippen molar-refractivity contribution >= 4 is 29.1 Å². The van der Waals surface area contributed by atoms with Crippen LogP contribution in [0.5, 0.6) is 0 Å². The molecule has 3 aromatic rings. The number of anilines is 4. The average Bonchev–Trinajstić information content (AvgIpc) is 2.83. The third-order valence-electron chi connectivity index (χ3n) is 6.60. The summed E-state index contributed by atoms with van der Waals surface area (Å²) in [5.41, 5.74) is 7.35. The molecule has 0 aromatic carbocycles. The molecule has 10 heteroatoms. The molecular weight excluding hydrogens is 468 g/mol. The lowest BCUT2D eigenvalue weighted by Crippen LogP contribution is -2.32. The first-order chi connectivity index (χ1) is 17.6. The Kier molecular flexibility index (Phi) is 6.68. The maximum Gasteiger partial charge on any atom is 0.412 e. The van der Waals surface area contributed by atoms with Gasteiger partial charge < -0.3 is 19.9 Å². The molecule has 194 valence electrons. The molecular formula is C27H34N8O2. The second kappa shape index (κ2) is 9.93. The van der Waals surface area contributed by atoms with E-state index in [1.165, 1.54) is 5.56 Å². The van der Waals surface area contributed by atoms with Gasteiger partial charge in [-0.05, 0) is 63.9 Å². The molecule has 0 spiro atoms. The Balaban J connectivity index is 1.31. The average molecular weight is 503 g/mol. The first kappa shape index (κ1) is 24.9. The van der Waals surface area contributed by atoms with Crippen molar-refractivity contribution in [2.45, 2.75) is 59.2 Å². The second-order valence-corrected chi connectivity index (χ2v) is 10.7. The van der Waals surface area contributed by atoms with Gasteiger partial charge in [-0.3, -0.25) is 15.3 Å². The fourth-order valence-corrected chi connectivity index (χ4v) is 4.71. The standard InChI is InChI=1S/C27H34N8O2/c1-17-22(33-26(36)37-27(2,3)4)13-28-14-24(17)35-9-6-18-11-30-25(32-23(18)16-35)31-20-10-19-15-34(5)8-7-21(19)29-12-20/h10-14H,6-9,15-16H2,1-5H3,(H,33,36)(H,30,31,32). The molecule has 5 rings (SSSR count). The molecule has 0 fully saturated rings. The van der Waals surface area contributed by atoms with E-state index in [0.717, 1.165) is 66.4 Å². The largest absolute Gasteiger partial charge is 0.444 e. The summed E-state index contributed by atoms with van der Waals surface area (Å²) in [6, 6.07) is 2.14. The van der Waals surface area contributed by atoms with Crippen LogP contribution in [-0.4, -0.2) is 56.7 Å². The van der Waals surface area contributed by atoms with Crippen LogP contribution in [0.1, 0.15) is 48.8 Å². The van der Waals surface area contributed by atoms with Crippen LogP contribution in [-0.2, 0) is 30.7 Å². The third-order valence-corrected chi connectivity index (χ3v) is 6.60. The number of hydrogen-bond donors (Lipinski definition) is 2. The van der Waals surface area contributed by atoms with Crippen molar-refractivity contribution < 1.29 is 9.53 Å². The highest BCUT2D eigenvalue weighted by atomic mass is 16.6. The van der Waals surface area contributed by atoms with Gasteiger partial charge in [0, 0.05) is 37.9 Å². The van der Waals surface area contributed by atoms with Gasteiger partial charge in [0.2, 0.25) is 5.95 Å². The van der Waals surface area contributed by atoms with E-state index in [1.807, 2.05) is 46.3 Å². The van der Waals surface area contributed by atoms with Gasteiger partial charge in [-0.25, -0.2) is 14.8 Å². The van der Waals surface area contributed by atoms with E-state index in [9.17, 15) is 4.79 Å². The van der Waals surface area contributed by atoms with Crippen molar-refractivity contribution in [3.8, 4) is 0 Å². The second-order valence-electron chi connectivity index (χ2n) is 10.7. The normalized spacial score (nSPS) is 15.5. The first-order valence-corrected chi connectivity index (χ1v) is 12.6. The lowest BCUT2D eigenvalue weighted by molar-refractivity contribution is 0.0635. The van der Waals surface area contributed by atoms with Gasteiger partial charge in [-0.15, -0.1) is 0 Å². The van der Waals surface area contributed by atoms with Crippen molar-refractivity contribution in [3.05, 3.63) is 58.9 Å². The van der Waals surface area contributed by atoms with Gasteiger partial charge in [0.15, 0.2) is 0 Å². The lowest BCUT2D eigenvalue weighted by atomic mass is 10.1. The molecule has 1 amide bonds. The summed E-state index contributed by atoms with van der Waals surface area (Å²) in [5.74, 6) is 0.557. The van der Waals surface area contributed by atoms with E-state index in [0.29, 0.717) is 18.2 Å². The van der Waals surface area contributed by atoms with Gasteiger partial charge in [0.1, 0.15) is 5.60 Å². The summed E-state index contributed by atoms with van der Waals surface area (Å²) in [6.07, 6.45) is 8.55. The summed E-state index contributed by atoms with van der Waals surface area (Å²) in [5, 5.41) is 6.17. The van der Waals surface area contributed by atoms with Gasteiger partial charge in [-0.2, -0.15) is 0 Å². The van der Waals surface area contributed by atoms with Crippen LogP contribution in [0.15, 0.2) is 30.9 Å². The number of fused-ring (bicyclic) bond motifs is 2. The first-order valence-electron chi connectivity index (χ1n) is 12.6. The number of ether oxygens (including phenoxy) is 1. The maximum atomic E-state index is 12.3. The van der Waals surface area contributed by atoms with E-state index in [1.54, 1.807) is 6.20 Å². The fraction of sp³-hybridized carbons (Fsp3) is 0.444. The molecule has 10 nitrogen and oxygen atoms in total. The Morgan fingerprint density at radius 3 is 2.65 bits per heavy atom. The maximum absolute atomic E-state index is 12.3. The molecule has 2 aliphatic heterocycles. The predicted octanol–water partition coefficient (Wildman–Crippen LogP) is 4.22. The zero-order valence-electron chi connectivity index (χ0n) is 22.1. The van der Waals surface area contributed by atoms with Crippen LogP contribution >= 0.6 is 0 Å². The van der Waals surface area contributed by atoms with Crippen LogP contribution in [0.2, 0.25) is 0 Å². The Bertz CT molecular complexity index is 1320. The number of aromatic nitrogens is 4.